The molecule has 0 aromatic heterocycles. The molecular formula is C10H12ClNO3. The molecule has 0 heterocycles. The molecule has 5 heteroatoms. The van der Waals surface area contributed by atoms with Crippen molar-refractivity contribution in [1.29, 1.82) is 0 Å². The molecule has 82 valence electrons. The predicted octanol–water partition coefficient (Wildman–Crippen LogP) is 1.61. The van der Waals surface area contributed by atoms with Crippen LogP contribution in [0.25, 0.3) is 0 Å². The highest BCUT2D eigenvalue weighted by Gasteiger charge is 2.14. The lowest BCUT2D eigenvalue weighted by molar-refractivity contribution is -0.141. The lowest BCUT2D eigenvalue weighted by Gasteiger charge is -2.12. The van der Waals surface area contributed by atoms with Crippen molar-refractivity contribution < 1.29 is 14.6 Å². The van der Waals surface area contributed by atoms with E-state index < -0.39 is 12.0 Å². The molecule has 1 atom stereocenters. The van der Waals surface area contributed by atoms with Crippen LogP contribution in [-0.2, 0) is 9.53 Å². The van der Waals surface area contributed by atoms with Gasteiger partial charge in [0.25, 0.3) is 0 Å². The molecule has 3 N–H and O–H groups in total. The van der Waals surface area contributed by atoms with Crippen LogP contribution < -0.4 is 5.73 Å². The number of aromatic hydroxyl groups is 1. The zero-order valence-corrected chi connectivity index (χ0v) is 8.99. The number of hydrogen-bond acceptors (Lipinski definition) is 4. The van der Waals surface area contributed by atoms with E-state index >= 15 is 0 Å². The van der Waals surface area contributed by atoms with E-state index in [0.29, 0.717) is 10.6 Å². The quantitative estimate of drug-likeness (QED) is 0.773. The van der Waals surface area contributed by atoms with Crippen LogP contribution in [0.4, 0.5) is 0 Å². The van der Waals surface area contributed by atoms with Crippen molar-refractivity contribution in [2.24, 2.45) is 5.73 Å². The summed E-state index contributed by atoms with van der Waals surface area (Å²) in [7, 11) is 1.30. The summed E-state index contributed by atoms with van der Waals surface area (Å²) < 4.78 is 4.49. The number of phenols is 1. The second-order valence-corrected chi connectivity index (χ2v) is 3.50. The van der Waals surface area contributed by atoms with E-state index in [0.717, 1.165) is 0 Å². The van der Waals surface area contributed by atoms with E-state index in [4.69, 9.17) is 22.4 Å². The van der Waals surface area contributed by atoms with Crippen molar-refractivity contribution >= 4 is 17.6 Å². The van der Waals surface area contributed by atoms with Crippen LogP contribution in [0.5, 0.6) is 5.75 Å². The van der Waals surface area contributed by atoms with Gasteiger partial charge in [0.05, 0.1) is 13.5 Å². The molecule has 15 heavy (non-hydrogen) atoms. The van der Waals surface area contributed by atoms with E-state index in [1.165, 1.54) is 19.2 Å². The number of hydrogen-bond donors (Lipinski definition) is 2. The van der Waals surface area contributed by atoms with Crippen LogP contribution in [0.15, 0.2) is 18.2 Å². The summed E-state index contributed by atoms with van der Waals surface area (Å²) in [5, 5.41) is 9.47. The number of rotatable bonds is 3. The maximum Gasteiger partial charge on any atom is 0.307 e. The summed E-state index contributed by atoms with van der Waals surface area (Å²) >= 11 is 5.86. The molecular weight excluding hydrogens is 218 g/mol. The Kier molecular flexibility index (Phi) is 3.94. The van der Waals surface area contributed by atoms with Crippen molar-refractivity contribution in [2.75, 3.05) is 7.11 Å². The maximum atomic E-state index is 11.0. The number of esters is 1. The van der Waals surface area contributed by atoms with Crippen molar-refractivity contribution in [1.82, 2.24) is 0 Å². The van der Waals surface area contributed by atoms with Crippen LogP contribution in [0.2, 0.25) is 5.02 Å². The highest BCUT2D eigenvalue weighted by atomic mass is 35.5. The minimum Gasteiger partial charge on any atom is -0.508 e. The first-order valence-electron chi connectivity index (χ1n) is 4.35. The number of benzene rings is 1. The van der Waals surface area contributed by atoms with Gasteiger partial charge in [-0.25, -0.2) is 0 Å². The van der Waals surface area contributed by atoms with Gasteiger partial charge in [0.2, 0.25) is 0 Å². The van der Waals surface area contributed by atoms with Gasteiger partial charge in [-0.15, -0.1) is 0 Å². The molecule has 0 unspecified atom stereocenters. The normalized spacial score (nSPS) is 12.2. The minimum absolute atomic E-state index is 0.0565. The highest BCUT2D eigenvalue weighted by Crippen LogP contribution is 2.27. The zero-order valence-electron chi connectivity index (χ0n) is 8.24. The third-order valence-electron chi connectivity index (χ3n) is 2.00. The Morgan fingerprint density at radius 3 is 2.87 bits per heavy atom. The van der Waals surface area contributed by atoms with E-state index in [1.54, 1.807) is 6.07 Å². The van der Waals surface area contributed by atoms with Crippen molar-refractivity contribution in [3.63, 3.8) is 0 Å². The van der Waals surface area contributed by atoms with E-state index in [9.17, 15) is 4.79 Å². The summed E-state index contributed by atoms with van der Waals surface area (Å²) in [6.07, 6.45) is 0.0565. The maximum absolute atomic E-state index is 11.0. The second-order valence-electron chi connectivity index (χ2n) is 3.09. The lowest BCUT2D eigenvalue weighted by atomic mass is 10.0. The van der Waals surface area contributed by atoms with Gasteiger partial charge < -0.3 is 15.6 Å². The Morgan fingerprint density at radius 1 is 1.67 bits per heavy atom. The largest absolute Gasteiger partial charge is 0.508 e. The number of phenolic OH excluding ortho intramolecular Hbond substituents is 1. The molecule has 0 amide bonds. The molecule has 0 bridgehead atoms. The average molecular weight is 230 g/mol. The van der Waals surface area contributed by atoms with Crippen LogP contribution in [0, 0.1) is 0 Å². The number of carbonyl (C=O) groups excluding carboxylic acids is 1. The summed E-state index contributed by atoms with van der Waals surface area (Å²) in [4.78, 5) is 11.0. The molecule has 1 aromatic carbocycles. The first-order chi connectivity index (χ1) is 7.04. The average Bonchev–Trinajstić information content (AvgIpc) is 2.17. The fraction of sp³-hybridized carbons (Fsp3) is 0.300. The number of nitrogens with two attached hydrogens (primary N) is 1. The van der Waals surface area contributed by atoms with Gasteiger partial charge in [-0.3, -0.25) is 4.79 Å². The predicted molar refractivity (Wildman–Crippen MR) is 56.7 cm³/mol. The van der Waals surface area contributed by atoms with E-state index in [-0.39, 0.29) is 12.2 Å². The Labute approximate surface area is 92.6 Å². The third-order valence-corrected chi connectivity index (χ3v) is 2.33. The minimum atomic E-state index is -0.523. The second kappa shape index (κ2) is 5.00. The Morgan fingerprint density at radius 2 is 2.33 bits per heavy atom. The van der Waals surface area contributed by atoms with Gasteiger partial charge in [-0.2, -0.15) is 0 Å². The number of halogens is 1. The van der Waals surface area contributed by atoms with E-state index in [2.05, 4.69) is 4.74 Å². The standard InChI is InChI=1S/C10H12ClNO3/c1-15-10(14)5-9(12)7-3-2-6(13)4-8(7)11/h2-4,9,13H,5,12H2,1H3/t9-/m1/s1. The fourth-order valence-corrected chi connectivity index (χ4v) is 1.50. The fourth-order valence-electron chi connectivity index (χ4n) is 1.19. The summed E-state index contributed by atoms with van der Waals surface area (Å²) in [5.41, 5.74) is 6.37. The molecule has 0 aliphatic heterocycles. The van der Waals surface area contributed by atoms with Gasteiger partial charge in [0.15, 0.2) is 0 Å². The van der Waals surface area contributed by atoms with Crippen molar-refractivity contribution in [2.45, 2.75) is 12.5 Å². The Bertz CT molecular complexity index is 368. The number of carbonyl (C=O) groups is 1. The van der Waals surface area contributed by atoms with Gasteiger partial charge in [-0.1, -0.05) is 17.7 Å². The molecule has 0 saturated heterocycles. The lowest BCUT2D eigenvalue weighted by Crippen LogP contribution is -2.16. The first kappa shape index (κ1) is 11.8. The first-order valence-corrected chi connectivity index (χ1v) is 4.73. The smallest absolute Gasteiger partial charge is 0.307 e. The summed E-state index contributed by atoms with van der Waals surface area (Å²) in [6, 6.07) is 3.92. The van der Waals surface area contributed by atoms with Gasteiger partial charge in [0, 0.05) is 11.1 Å². The van der Waals surface area contributed by atoms with Gasteiger partial charge >= 0.3 is 5.97 Å². The Hall–Kier alpha value is -1.26. The SMILES string of the molecule is COC(=O)C[C@@H](N)c1ccc(O)cc1Cl. The van der Waals surface area contributed by atoms with E-state index in [1.807, 2.05) is 0 Å². The van der Waals surface area contributed by atoms with Gasteiger partial charge in [-0.05, 0) is 17.7 Å². The summed E-state index contributed by atoms with van der Waals surface area (Å²) in [6.45, 7) is 0. The van der Waals surface area contributed by atoms with Crippen LogP contribution in [0.3, 0.4) is 0 Å². The molecule has 0 radical (unpaired) electrons. The van der Waals surface area contributed by atoms with Crippen LogP contribution >= 0.6 is 11.6 Å². The number of methoxy groups -OCH3 is 1. The monoisotopic (exact) mass is 229 g/mol. The van der Waals surface area contributed by atoms with Gasteiger partial charge in [0.1, 0.15) is 5.75 Å². The topological polar surface area (TPSA) is 72.5 Å². The van der Waals surface area contributed by atoms with Crippen LogP contribution in [-0.4, -0.2) is 18.2 Å². The molecule has 1 aromatic rings. The highest BCUT2D eigenvalue weighted by molar-refractivity contribution is 6.31. The molecule has 0 saturated carbocycles. The molecule has 0 spiro atoms. The van der Waals surface area contributed by atoms with Crippen LogP contribution in [0.1, 0.15) is 18.0 Å². The summed E-state index contributed by atoms with van der Waals surface area (Å²) in [5.74, 6) is -0.333. The molecule has 4 nitrogen and oxygen atoms in total. The molecule has 0 fully saturated rings. The number of ether oxygens (including phenoxy) is 1. The van der Waals surface area contributed by atoms with Crippen molar-refractivity contribution in [3.05, 3.63) is 28.8 Å². The zero-order chi connectivity index (χ0) is 11.4. The third kappa shape index (κ3) is 3.11. The molecule has 0 aliphatic carbocycles. The Balaban J connectivity index is 2.82. The molecule has 0 aliphatic rings. The molecule has 1 rings (SSSR count). The van der Waals surface area contributed by atoms with Crippen molar-refractivity contribution in [3.8, 4) is 5.75 Å².